The van der Waals surface area contributed by atoms with Crippen molar-refractivity contribution in [3.05, 3.63) is 0 Å². The van der Waals surface area contributed by atoms with Gasteiger partial charge in [-0.05, 0) is 106 Å². The molecule has 0 bridgehead atoms. The first-order chi connectivity index (χ1) is 19.7. The Morgan fingerprint density at radius 2 is 0.714 bits per heavy atom. The van der Waals surface area contributed by atoms with Gasteiger partial charge in [0.25, 0.3) is 0 Å². The van der Waals surface area contributed by atoms with E-state index in [1.165, 1.54) is 128 Å². The summed E-state index contributed by atoms with van der Waals surface area (Å²) in [7, 11) is 0. The number of nitrogens with zero attached hydrogens (tertiary/aromatic N) is 2. The van der Waals surface area contributed by atoms with Gasteiger partial charge in [0.2, 0.25) is 0 Å². The summed E-state index contributed by atoms with van der Waals surface area (Å²) in [5.74, 6) is 1.60. The van der Waals surface area contributed by atoms with Gasteiger partial charge in [0.05, 0.1) is 13.2 Å². The Balaban J connectivity index is 1.73. The van der Waals surface area contributed by atoms with Crippen molar-refractivity contribution in [2.24, 2.45) is 11.8 Å². The summed E-state index contributed by atoms with van der Waals surface area (Å²) in [5, 5.41) is 4.77. The van der Waals surface area contributed by atoms with E-state index in [2.05, 4.69) is 79.4 Å². The number of unbranched alkanes of at least 4 members (excludes halogenated alkanes) is 11. The molecule has 42 heavy (non-hydrogen) atoms. The molecule has 0 radical (unpaired) electrons. The van der Waals surface area contributed by atoms with Crippen molar-refractivity contribution in [3.63, 3.8) is 0 Å². The summed E-state index contributed by atoms with van der Waals surface area (Å²) in [5.41, 5.74) is 0.409. The van der Waals surface area contributed by atoms with Crippen molar-refractivity contribution < 1.29 is 9.68 Å². The number of rotatable bonds is 21. The van der Waals surface area contributed by atoms with Gasteiger partial charge in [0.15, 0.2) is 0 Å². The second-order valence-electron chi connectivity index (χ2n) is 16.9. The van der Waals surface area contributed by atoms with E-state index in [0.29, 0.717) is 0 Å². The third-order valence-corrected chi connectivity index (χ3v) is 10.3. The van der Waals surface area contributed by atoms with Crippen LogP contribution in [0.5, 0.6) is 0 Å². The molecule has 2 rings (SSSR count). The number of hydroxylamine groups is 4. The summed E-state index contributed by atoms with van der Waals surface area (Å²) < 4.78 is 0. The zero-order chi connectivity index (χ0) is 31.3. The van der Waals surface area contributed by atoms with Gasteiger partial charge in [0.1, 0.15) is 0 Å². The molecular weight excluding hydrogens is 516 g/mol. The average Bonchev–Trinajstić information content (AvgIpc) is 2.87. The van der Waals surface area contributed by atoms with Crippen molar-refractivity contribution in [1.82, 2.24) is 10.1 Å². The maximum Gasteiger partial charge on any atom is 0.0685 e. The van der Waals surface area contributed by atoms with Crippen LogP contribution in [0.1, 0.15) is 198 Å². The first-order valence-electron chi connectivity index (χ1n) is 18.6. The predicted octanol–water partition coefficient (Wildman–Crippen LogP) is 11.7. The fourth-order valence-electron chi connectivity index (χ4n) is 8.99. The van der Waals surface area contributed by atoms with Gasteiger partial charge in [-0.2, -0.15) is 10.1 Å². The minimum atomic E-state index is 0.102. The Labute approximate surface area is 264 Å². The molecule has 0 atom stereocenters. The van der Waals surface area contributed by atoms with Crippen molar-refractivity contribution in [2.75, 3.05) is 13.2 Å². The lowest BCUT2D eigenvalue weighted by Crippen LogP contribution is -2.60. The van der Waals surface area contributed by atoms with Gasteiger partial charge < -0.3 is 0 Å². The molecule has 0 unspecified atom stereocenters. The molecule has 2 saturated heterocycles. The van der Waals surface area contributed by atoms with Crippen molar-refractivity contribution in [3.8, 4) is 0 Å². The van der Waals surface area contributed by atoms with E-state index in [1.54, 1.807) is 0 Å². The van der Waals surface area contributed by atoms with Crippen LogP contribution in [-0.4, -0.2) is 45.5 Å². The first kappa shape index (κ1) is 38.0. The topological polar surface area (TPSA) is 24.9 Å². The van der Waals surface area contributed by atoms with Gasteiger partial charge in [-0.15, -0.1) is 0 Å². The molecule has 4 heteroatoms. The highest BCUT2D eigenvalue weighted by Gasteiger charge is 2.47. The molecule has 0 spiro atoms. The molecule has 250 valence electrons. The van der Waals surface area contributed by atoms with Gasteiger partial charge in [-0.25, -0.2) is 0 Å². The highest BCUT2D eigenvalue weighted by Crippen LogP contribution is 2.45. The molecular formula is C38H76N2O2. The van der Waals surface area contributed by atoms with Crippen LogP contribution in [0.2, 0.25) is 0 Å². The van der Waals surface area contributed by atoms with E-state index >= 15 is 0 Å². The van der Waals surface area contributed by atoms with E-state index in [0.717, 1.165) is 25.0 Å². The SMILES string of the molecule is CCCCCCCCON1C(C)(C)CC(CCCCC2CC(C)(C)N(OCCCCCCCC)C(C)(C)C2)CC1(C)C. The Morgan fingerprint density at radius 3 is 1.02 bits per heavy atom. The fourth-order valence-corrected chi connectivity index (χ4v) is 8.99. The molecule has 2 fully saturated rings. The molecule has 0 saturated carbocycles. The monoisotopic (exact) mass is 593 g/mol. The molecule has 0 aromatic rings. The Hall–Kier alpha value is -0.160. The normalized spacial score (nSPS) is 23.0. The Bertz CT molecular complexity index is 620. The van der Waals surface area contributed by atoms with Crippen LogP contribution >= 0.6 is 0 Å². The molecule has 4 nitrogen and oxygen atoms in total. The zero-order valence-electron chi connectivity index (χ0n) is 30.4. The van der Waals surface area contributed by atoms with E-state index in [-0.39, 0.29) is 22.2 Å². The van der Waals surface area contributed by atoms with Gasteiger partial charge in [-0.3, -0.25) is 9.68 Å². The van der Waals surface area contributed by atoms with Crippen LogP contribution in [0.3, 0.4) is 0 Å². The summed E-state index contributed by atoms with van der Waals surface area (Å²) >= 11 is 0. The molecule has 2 aliphatic heterocycles. The Morgan fingerprint density at radius 1 is 0.429 bits per heavy atom. The summed E-state index contributed by atoms with van der Waals surface area (Å²) in [4.78, 5) is 13.0. The maximum atomic E-state index is 6.49. The lowest BCUT2D eigenvalue weighted by Gasteiger charge is -2.54. The van der Waals surface area contributed by atoms with E-state index in [9.17, 15) is 0 Å². The summed E-state index contributed by atoms with van der Waals surface area (Å²) in [6, 6.07) is 0. The molecule has 2 heterocycles. The minimum Gasteiger partial charge on any atom is -0.298 e. The molecule has 2 aliphatic rings. The van der Waals surface area contributed by atoms with Crippen LogP contribution < -0.4 is 0 Å². The van der Waals surface area contributed by atoms with Crippen molar-refractivity contribution in [1.29, 1.82) is 0 Å². The molecule has 0 amide bonds. The second kappa shape index (κ2) is 18.1. The second-order valence-corrected chi connectivity index (χ2v) is 16.9. The number of hydrogen-bond acceptors (Lipinski definition) is 4. The molecule has 0 aromatic heterocycles. The smallest absolute Gasteiger partial charge is 0.0685 e. The van der Waals surface area contributed by atoms with Gasteiger partial charge >= 0.3 is 0 Å². The quantitative estimate of drug-likeness (QED) is 0.124. The molecule has 0 aromatic carbocycles. The van der Waals surface area contributed by atoms with Crippen molar-refractivity contribution in [2.45, 2.75) is 220 Å². The number of hydrogen-bond donors (Lipinski definition) is 0. The van der Waals surface area contributed by atoms with Crippen LogP contribution in [0, 0.1) is 11.8 Å². The third kappa shape index (κ3) is 12.7. The third-order valence-electron chi connectivity index (χ3n) is 10.3. The predicted molar refractivity (Wildman–Crippen MR) is 183 cm³/mol. The van der Waals surface area contributed by atoms with E-state index < -0.39 is 0 Å². The fraction of sp³-hybridized carbons (Fsp3) is 1.00. The van der Waals surface area contributed by atoms with Crippen LogP contribution in [-0.2, 0) is 9.68 Å². The van der Waals surface area contributed by atoms with Gasteiger partial charge in [0, 0.05) is 22.2 Å². The minimum absolute atomic E-state index is 0.102. The Kier molecular flexibility index (Phi) is 16.4. The first-order valence-corrected chi connectivity index (χ1v) is 18.6. The lowest BCUT2D eigenvalue weighted by atomic mass is 9.72. The van der Waals surface area contributed by atoms with Crippen LogP contribution in [0.15, 0.2) is 0 Å². The lowest BCUT2D eigenvalue weighted by molar-refractivity contribution is -0.289. The van der Waals surface area contributed by atoms with Gasteiger partial charge in [-0.1, -0.05) is 104 Å². The maximum absolute atomic E-state index is 6.49. The van der Waals surface area contributed by atoms with Crippen LogP contribution in [0.25, 0.3) is 0 Å². The summed E-state index contributed by atoms with van der Waals surface area (Å²) in [6.45, 7) is 25.6. The largest absolute Gasteiger partial charge is 0.298 e. The number of piperidine rings is 2. The van der Waals surface area contributed by atoms with E-state index in [4.69, 9.17) is 9.68 Å². The van der Waals surface area contributed by atoms with Crippen LogP contribution in [0.4, 0.5) is 0 Å². The standard InChI is InChI=1S/C38H76N2O2/c1-11-13-15-17-19-23-27-41-39-35(3,4)29-33(30-36(39,5)6)25-21-22-26-34-31-37(7,8)40(38(9,10)32-34)42-28-24-20-18-16-14-12-2/h33-34H,11-32H2,1-10H3. The highest BCUT2D eigenvalue weighted by molar-refractivity contribution is 4.98. The highest BCUT2D eigenvalue weighted by atomic mass is 16.7. The summed E-state index contributed by atoms with van der Waals surface area (Å²) in [6.07, 6.45) is 26.3. The van der Waals surface area contributed by atoms with Crippen molar-refractivity contribution >= 4 is 0 Å². The van der Waals surface area contributed by atoms with E-state index in [1.807, 2.05) is 0 Å². The molecule has 0 aliphatic carbocycles. The zero-order valence-corrected chi connectivity index (χ0v) is 30.4. The molecule has 0 N–H and O–H groups in total. The average molecular weight is 593 g/mol.